The molecule has 2 aromatic rings. The quantitative estimate of drug-likeness (QED) is 0.817. The van der Waals surface area contributed by atoms with Crippen LogP contribution in [-0.4, -0.2) is 32.4 Å². The molecular formula is C21H27NO3S. The first kappa shape index (κ1) is 19.1. The molecule has 0 spiro atoms. The molecule has 140 valence electrons. The number of nitrogens with zero attached hydrogens (tertiary/aromatic N) is 1. The summed E-state index contributed by atoms with van der Waals surface area (Å²) in [6.07, 6.45) is -0.229. The van der Waals surface area contributed by atoms with Crippen LogP contribution in [-0.2, 0) is 14.8 Å². The van der Waals surface area contributed by atoms with E-state index in [0.717, 1.165) is 27.8 Å². The van der Waals surface area contributed by atoms with Gasteiger partial charge in [0.15, 0.2) is 0 Å². The minimum Gasteiger partial charge on any atom is -0.371 e. The highest BCUT2D eigenvalue weighted by atomic mass is 32.2. The fourth-order valence-electron chi connectivity index (χ4n) is 3.69. The maximum Gasteiger partial charge on any atom is 0.243 e. The molecule has 0 saturated carbocycles. The van der Waals surface area contributed by atoms with E-state index in [0.29, 0.717) is 24.6 Å². The van der Waals surface area contributed by atoms with Crippen molar-refractivity contribution in [3.8, 4) is 0 Å². The highest BCUT2D eigenvalue weighted by Crippen LogP contribution is 2.33. The van der Waals surface area contributed by atoms with Gasteiger partial charge in [0, 0.05) is 13.1 Å². The third kappa shape index (κ3) is 3.20. The molecule has 1 saturated heterocycles. The zero-order valence-electron chi connectivity index (χ0n) is 16.2. The Balaban J connectivity index is 2.01. The van der Waals surface area contributed by atoms with Gasteiger partial charge in [0.25, 0.3) is 0 Å². The number of rotatable bonds is 3. The Hall–Kier alpha value is -1.69. The van der Waals surface area contributed by atoms with E-state index in [1.54, 1.807) is 4.31 Å². The zero-order chi connectivity index (χ0) is 19.1. The van der Waals surface area contributed by atoms with Crippen LogP contribution in [0.2, 0.25) is 0 Å². The topological polar surface area (TPSA) is 46.6 Å². The number of morpholine rings is 1. The van der Waals surface area contributed by atoms with Crippen molar-refractivity contribution in [1.82, 2.24) is 4.31 Å². The molecule has 0 N–H and O–H groups in total. The van der Waals surface area contributed by atoms with Crippen molar-refractivity contribution in [2.24, 2.45) is 0 Å². The van der Waals surface area contributed by atoms with Gasteiger partial charge in [-0.2, -0.15) is 4.31 Å². The van der Waals surface area contributed by atoms with E-state index in [1.165, 1.54) is 5.56 Å². The second kappa shape index (κ2) is 7.14. The number of sulfonamides is 1. The summed E-state index contributed by atoms with van der Waals surface area (Å²) in [5, 5.41) is 0. The summed E-state index contributed by atoms with van der Waals surface area (Å²) in [7, 11) is -3.57. The molecule has 1 atom stereocenters. The van der Waals surface area contributed by atoms with Gasteiger partial charge < -0.3 is 4.74 Å². The van der Waals surface area contributed by atoms with Crippen LogP contribution in [0.5, 0.6) is 0 Å². The fraction of sp³-hybridized carbons (Fsp3) is 0.429. The van der Waals surface area contributed by atoms with Crippen molar-refractivity contribution in [3.63, 3.8) is 0 Å². The van der Waals surface area contributed by atoms with Crippen molar-refractivity contribution in [2.75, 3.05) is 19.7 Å². The number of benzene rings is 2. The molecular weight excluding hydrogens is 346 g/mol. The Morgan fingerprint density at radius 1 is 0.885 bits per heavy atom. The van der Waals surface area contributed by atoms with E-state index in [9.17, 15) is 8.42 Å². The lowest BCUT2D eigenvalue weighted by Gasteiger charge is -2.33. The molecule has 1 unspecified atom stereocenters. The number of ether oxygens (including phenoxy) is 1. The van der Waals surface area contributed by atoms with Gasteiger partial charge in [-0.25, -0.2) is 8.42 Å². The summed E-state index contributed by atoms with van der Waals surface area (Å²) in [6, 6.07) is 9.82. The van der Waals surface area contributed by atoms with Crippen LogP contribution in [0, 0.1) is 34.6 Å². The molecule has 3 rings (SSSR count). The molecule has 1 fully saturated rings. The predicted molar refractivity (Wildman–Crippen MR) is 104 cm³/mol. The van der Waals surface area contributed by atoms with Crippen molar-refractivity contribution in [2.45, 2.75) is 45.6 Å². The minimum absolute atomic E-state index is 0.229. The van der Waals surface area contributed by atoms with Crippen LogP contribution < -0.4 is 0 Å². The maximum atomic E-state index is 13.5. The average Bonchev–Trinajstić information content (AvgIpc) is 2.65. The van der Waals surface area contributed by atoms with Gasteiger partial charge in [-0.15, -0.1) is 0 Å². The summed E-state index contributed by atoms with van der Waals surface area (Å²) in [5.74, 6) is 0. The maximum absolute atomic E-state index is 13.5. The summed E-state index contributed by atoms with van der Waals surface area (Å²) >= 11 is 0. The Morgan fingerprint density at radius 3 is 2.00 bits per heavy atom. The Morgan fingerprint density at radius 2 is 1.42 bits per heavy atom. The van der Waals surface area contributed by atoms with Crippen molar-refractivity contribution < 1.29 is 13.2 Å². The average molecular weight is 374 g/mol. The van der Waals surface area contributed by atoms with Crippen LogP contribution >= 0.6 is 0 Å². The first-order valence-corrected chi connectivity index (χ1v) is 10.4. The monoisotopic (exact) mass is 373 g/mol. The first-order chi connectivity index (χ1) is 12.2. The molecule has 4 nitrogen and oxygen atoms in total. The zero-order valence-corrected chi connectivity index (χ0v) is 17.0. The molecule has 0 amide bonds. The second-order valence-corrected chi connectivity index (χ2v) is 8.96. The summed E-state index contributed by atoms with van der Waals surface area (Å²) < 4.78 is 34.4. The summed E-state index contributed by atoms with van der Waals surface area (Å²) in [5.41, 5.74) is 6.00. The molecule has 1 aliphatic rings. The molecule has 0 bridgehead atoms. The lowest BCUT2D eigenvalue weighted by Crippen LogP contribution is -2.42. The van der Waals surface area contributed by atoms with Gasteiger partial charge in [0.2, 0.25) is 10.0 Å². The van der Waals surface area contributed by atoms with Gasteiger partial charge in [-0.05, 0) is 68.0 Å². The normalized spacial score (nSPS) is 18.9. The third-order valence-electron chi connectivity index (χ3n) is 5.73. The third-order valence-corrected chi connectivity index (χ3v) is 7.87. The van der Waals surface area contributed by atoms with E-state index < -0.39 is 10.0 Å². The highest BCUT2D eigenvalue weighted by Gasteiger charge is 2.34. The molecule has 1 heterocycles. The van der Waals surface area contributed by atoms with Gasteiger partial charge in [0.05, 0.1) is 17.6 Å². The summed E-state index contributed by atoms with van der Waals surface area (Å²) in [4.78, 5) is 0.465. The lowest BCUT2D eigenvalue weighted by molar-refractivity contribution is -0.00257. The van der Waals surface area contributed by atoms with E-state index >= 15 is 0 Å². The van der Waals surface area contributed by atoms with E-state index in [4.69, 9.17) is 4.74 Å². The van der Waals surface area contributed by atoms with Crippen LogP contribution in [0.15, 0.2) is 35.2 Å². The van der Waals surface area contributed by atoms with Crippen LogP contribution in [0.1, 0.15) is 39.5 Å². The molecule has 0 aromatic heterocycles. The Kier molecular flexibility index (Phi) is 5.24. The SMILES string of the molecule is Cc1c(C)c(C)c(S(=O)(=O)N2CCOC(c3ccccc3)C2)c(C)c1C. The van der Waals surface area contributed by atoms with E-state index in [-0.39, 0.29) is 6.10 Å². The predicted octanol–water partition coefficient (Wildman–Crippen LogP) is 3.99. The van der Waals surface area contributed by atoms with Gasteiger partial charge in [0.1, 0.15) is 0 Å². The summed E-state index contributed by atoms with van der Waals surface area (Å²) in [6.45, 7) is 11.0. The second-order valence-electron chi connectivity index (χ2n) is 7.09. The number of hydrogen-bond acceptors (Lipinski definition) is 3. The lowest BCUT2D eigenvalue weighted by atomic mass is 9.95. The van der Waals surface area contributed by atoms with Gasteiger partial charge in [-0.3, -0.25) is 0 Å². The van der Waals surface area contributed by atoms with Crippen LogP contribution in [0.3, 0.4) is 0 Å². The highest BCUT2D eigenvalue weighted by molar-refractivity contribution is 7.89. The van der Waals surface area contributed by atoms with E-state index in [1.807, 2.05) is 58.0 Å². The molecule has 2 aromatic carbocycles. The molecule has 1 aliphatic heterocycles. The Labute approximate surface area is 156 Å². The fourth-order valence-corrected chi connectivity index (χ4v) is 5.68. The molecule has 0 aliphatic carbocycles. The van der Waals surface area contributed by atoms with Crippen molar-refractivity contribution in [1.29, 1.82) is 0 Å². The van der Waals surface area contributed by atoms with Gasteiger partial charge >= 0.3 is 0 Å². The number of hydrogen-bond donors (Lipinski definition) is 0. The molecule has 26 heavy (non-hydrogen) atoms. The smallest absolute Gasteiger partial charge is 0.243 e. The van der Waals surface area contributed by atoms with Crippen molar-refractivity contribution in [3.05, 3.63) is 63.7 Å². The van der Waals surface area contributed by atoms with Crippen molar-refractivity contribution >= 4 is 10.0 Å². The van der Waals surface area contributed by atoms with Gasteiger partial charge in [-0.1, -0.05) is 30.3 Å². The Bertz CT molecular complexity index is 891. The largest absolute Gasteiger partial charge is 0.371 e. The standard InChI is InChI=1S/C21H27NO3S/c1-14-15(2)17(4)21(18(5)16(14)3)26(23,24)22-11-12-25-20(13-22)19-9-7-6-8-10-19/h6-10,20H,11-13H2,1-5H3. The first-order valence-electron chi connectivity index (χ1n) is 8.98. The molecule has 0 radical (unpaired) electrons. The molecule has 5 heteroatoms. The van der Waals surface area contributed by atoms with Crippen LogP contribution in [0.25, 0.3) is 0 Å². The van der Waals surface area contributed by atoms with E-state index in [2.05, 4.69) is 6.92 Å². The van der Waals surface area contributed by atoms with Crippen LogP contribution in [0.4, 0.5) is 0 Å². The minimum atomic E-state index is -3.57.